The first kappa shape index (κ1) is 22.4. The molecule has 0 saturated carbocycles. The van der Waals surface area contributed by atoms with Crippen LogP contribution in [-0.4, -0.2) is 44.8 Å². The summed E-state index contributed by atoms with van der Waals surface area (Å²) in [5.41, 5.74) is 0.671. The third-order valence-electron chi connectivity index (χ3n) is 5.04. The molecule has 2 heterocycles. The number of rotatable bonds is 7. The van der Waals surface area contributed by atoms with Crippen molar-refractivity contribution >= 4 is 45.8 Å². The fraction of sp³-hybridized carbons (Fsp3) is 0.174. The predicted molar refractivity (Wildman–Crippen MR) is 123 cm³/mol. The van der Waals surface area contributed by atoms with E-state index in [0.29, 0.717) is 10.9 Å². The van der Waals surface area contributed by atoms with E-state index in [2.05, 4.69) is 10.4 Å². The van der Waals surface area contributed by atoms with E-state index in [1.165, 1.54) is 30.5 Å². The zero-order valence-corrected chi connectivity index (χ0v) is 18.2. The molecule has 1 aromatic heterocycles. The molecule has 0 aliphatic carbocycles. The quantitative estimate of drug-likeness (QED) is 0.538. The van der Waals surface area contributed by atoms with E-state index in [1.807, 2.05) is 0 Å². The minimum atomic E-state index is -0.522. The molecule has 4 rings (SSSR count). The second-order valence-electron chi connectivity index (χ2n) is 7.20. The number of aryl methyl sites for hydroxylation is 1. The smallest absolute Gasteiger partial charge is 0.293 e. The van der Waals surface area contributed by atoms with Crippen molar-refractivity contribution < 1.29 is 18.8 Å². The van der Waals surface area contributed by atoms with Crippen molar-refractivity contribution in [1.29, 1.82) is 0 Å². The van der Waals surface area contributed by atoms with E-state index < -0.39 is 17.0 Å². The number of thioether (sulfide) groups is 1. The summed E-state index contributed by atoms with van der Waals surface area (Å²) in [5.74, 6) is -1.29. The molecular weight excluding hydrogens is 447 g/mol. The van der Waals surface area contributed by atoms with Crippen LogP contribution in [0.25, 0.3) is 17.0 Å². The van der Waals surface area contributed by atoms with Crippen LogP contribution >= 0.6 is 11.8 Å². The van der Waals surface area contributed by atoms with Gasteiger partial charge in [0.15, 0.2) is 0 Å². The van der Waals surface area contributed by atoms with E-state index in [4.69, 9.17) is 0 Å². The average molecular weight is 466 g/mol. The molecule has 1 N–H and O–H groups in total. The number of carbonyl (C=O) groups is 3. The molecule has 1 fully saturated rings. The minimum Gasteiger partial charge on any atom is -0.354 e. The number of hydrogen-bond acceptors (Lipinski definition) is 6. The molecule has 168 valence electrons. The first-order chi connectivity index (χ1) is 15.9. The lowest BCUT2D eigenvalue weighted by molar-refractivity contribution is -0.124. The maximum absolute atomic E-state index is 13.8. The molecule has 8 nitrogen and oxygen atoms in total. The molecule has 33 heavy (non-hydrogen) atoms. The predicted octanol–water partition coefficient (Wildman–Crippen LogP) is 2.78. The zero-order valence-electron chi connectivity index (χ0n) is 17.4. The number of nitrogens with one attached hydrogen (secondary N) is 1. The van der Waals surface area contributed by atoms with Gasteiger partial charge in [0.1, 0.15) is 5.82 Å². The number of aromatic nitrogens is 2. The third-order valence-corrected chi connectivity index (χ3v) is 5.94. The highest BCUT2D eigenvalue weighted by molar-refractivity contribution is 8.18. The van der Waals surface area contributed by atoms with Crippen LogP contribution in [0.2, 0.25) is 0 Å². The molecule has 3 aromatic rings. The molecule has 0 radical (unpaired) electrons. The van der Waals surface area contributed by atoms with Crippen LogP contribution < -0.4 is 10.7 Å². The number of benzene rings is 2. The Morgan fingerprint density at radius 2 is 1.82 bits per heavy atom. The maximum Gasteiger partial charge on any atom is 0.293 e. The van der Waals surface area contributed by atoms with Crippen molar-refractivity contribution in [1.82, 2.24) is 20.0 Å². The first-order valence-electron chi connectivity index (χ1n) is 10.2. The fourth-order valence-electron chi connectivity index (χ4n) is 3.37. The first-order valence-corrected chi connectivity index (χ1v) is 11.0. The van der Waals surface area contributed by atoms with Gasteiger partial charge in [-0.15, -0.1) is 0 Å². The summed E-state index contributed by atoms with van der Waals surface area (Å²) in [6.45, 7) is 0.353. The fourth-order valence-corrected chi connectivity index (χ4v) is 4.22. The third kappa shape index (κ3) is 5.01. The van der Waals surface area contributed by atoms with Gasteiger partial charge in [-0.3, -0.25) is 28.8 Å². The highest BCUT2D eigenvalue weighted by Gasteiger charge is 2.34. The van der Waals surface area contributed by atoms with E-state index in [0.717, 1.165) is 16.7 Å². The van der Waals surface area contributed by atoms with E-state index in [1.54, 1.807) is 35.0 Å². The van der Waals surface area contributed by atoms with Crippen molar-refractivity contribution in [2.24, 2.45) is 0 Å². The molecule has 1 saturated heterocycles. The summed E-state index contributed by atoms with van der Waals surface area (Å²) in [4.78, 5) is 50.0. The minimum absolute atomic E-state index is 0.00419. The van der Waals surface area contributed by atoms with Gasteiger partial charge in [-0.1, -0.05) is 30.3 Å². The summed E-state index contributed by atoms with van der Waals surface area (Å²) >= 11 is 0.736. The Morgan fingerprint density at radius 3 is 2.64 bits per heavy atom. The summed E-state index contributed by atoms with van der Waals surface area (Å²) in [6.07, 6.45) is 2.67. The lowest BCUT2D eigenvalue weighted by Gasteiger charge is -2.13. The van der Waals surface area contributed by atoms with Gasteiger partial charge in [0.05, 0.1) is 23.2 Å². The molecule has 0 spiro atoms. The number of imide groups is 1. The molecule has 3 amide bonds. The van der Waals surface area contributed by atoms with Gasteiger partial charge in [-0.2, -0.15) is 5.10 Å². The number of fused-ring (bicyclic) bond motifs is 1. The highest BCUT2D eigenvalue weighted by Crippen LogP contribution is 2.32. The number of carbonyl (C=O) groups excluding carboxylic acids is 3. The van der Waals surface area contributed by atoms with Crippen molar-refractivity contribution in [2.75, 3.05) is 13.1 Å². The number of nitrogens with zero attached hydrogens (tertiary/aromatic N) is 3. The Kier molecular flexibility index (Phi) is 6.64. The molecule has 2 aromatic carbocycles. The molecular formula is C23H19FN4O4S. The normalized spacial score (nSPS) is 14.9. The number of halogens is 1. The second-order valence-corrected chi connectivity index (χ2v) is 8.20. The number of hydrogen-bond donors (Lipinski definition) is 1. The van der Waals surface area contributed by atoms with Gasteiger partial charge in [0.25, 0.3) is 11.1 Å². The van der Waals surface area contributed by atoms with E-state index >= 15 is 0 Å². The van der Waals surface area contributed by atoms with Crippen LogP contribution in [0.1, 0.15) is 12.0 Å². The van der Waals surface area contributed by atoms with Crippen molar-refractivity contribution in [2.45, 2.75) is 13.0 Å². The number of amides is 3. The van der Waals surface area contributed by atoms with Gasteiger partial charge >= 0.3 is 0 Å². The summed E-state index contributed by atoms with van der Waals surface area (Å²) in [7, 11) is 0. The van der Waals surface area contributed by atoms with Gasteiger partial charge < -0.3 is 5.32 Å². The van der Waals surface area contributed by atoms with Crippen molar-refractivity contribution in [3.8, 4) is 0 Å². The Bertz CT molecular complexity index is 1340. The molecule has 0 bridgehead atoms. The largest absolute Gasteiger partial charge is 0.354 e. The summed E-state index contributed by atoms with van der Waals surface area (Å²) in [5, 5.41) is 6.81. The molecule has 0 unspecified atom stereocenters. The van der Waals surface area contributed by atoms with Gasteiger partial charge in [0, 0.05) is 30.5 Å². The van der Waals surface area contributed by atoms with Crippen LogP contribution in [-0.2, 0) is 16.1 Å². The molecule has 10 heteroatoms. The van der Waals surface area contributed by atoms with Gasteiger partial charge in [0.2, 0.25) is 11.3 Å². The van der Waals surface area contributed by atoms with Gasteiger partial charge in [-0.05, 0) is 36.0 Å². The molecule has 0 atom stereocenters. The van der Waals surface area contributed by atoms with Crippen LogP contribution in [0.15, 0.2) is 64.4 Å². The van der Waals surface area contributed by atoms with Crippen LogP contribution in [0, 0.1) is 5.82 Å². The lowest BCUT2D eigenvalue weighted by atomic mass is 10.2. The Morgan fingerprint density at radius 1 is 1.06 bits per heavy atom. The molecule has 1 aliphatic rings. The Labute approximate surface area is 192 Å². The SMILES string of the molecule is O=C(CCn1ncc(=O)c2ccccc21)NCCN1C(=O)S/C(=C\c2ccccc2F)C1=O. The standard InChI is InChI=1S/C23H19FN4O4S/c24-17-7-3-1-5-15(17)13-20-22(31)27(23(32)33-20)12-10-25-21(30)9-11-28-18-8-4-2-6-16(18)19(29)14-26-28/h1-8,13-14H,9-12H2,(H,25,30)/b20-13-. The average Bonchev–Trinajstić information content (AvgIpc) is 3.07. The molecule has 1 aliphatic heterocycles. The maximum atomic E-state index is 13.8. The second kappa shape index (κ2) is 9.78. The van der Waals surface area contributed by atoms with E-state index in [9.17, 15) is 23.6 Å². The monoisotopic (exact) mass is 466 g/mol. The Hall–Kier alpha value is -3.79. The highest BCUT2D eigenvalue weighted by atomic mass is 32.2. The topological polar surface area (TPSA) is 101 Å². The van der Waals surface area contributed by atoms with E-state index in [-0.39, 0.29) is 47.9 Å². The van der Waals surface area contributed by atoms with Crippen LogP contribution in [0.4, 0.5) is 9.18 Å². The van der Waals surface area contributed by atoms with Crippen LogP contribution in [0.5, 0.6) is 0 Å². The number of para-hydroxylation sites is 1. The Balaban J connectivity index is 1.31. The van der Waals surface area contributed by atoms with Crippen molar-refractivity contribution in [3.05, 3.63) is 81.2 Å². The zero-order chi connectivity index (χ0) is 23.4. The van der Waals surface area contributed by atoms with Crippen LogP contribution in [0.3, 0.4) is 0 Å². The lowest BCUT2D eigenvalue weighted by Crippen LogP contribution is -2.37. The summed E-state index contributed by atoms with van der Waals surface area (Å²) < 4.78 is 15.4. The summed E-state index contributed by atoms with van der Waals surface area (Å²) in [6, 6.07) is 13.0. The van der Waals surface area contributed by atoms with Crippen molar-refractivity contribution in [3.63, 3.8) is 0 Å². The van der Waals surface area contributed by atoms with Gasteiger partial charge in [-0.25, -0.2) is 4.39 Å².